The molecule has 0 aliphatic heterocycles. The van der Waals surface area contributed by atoms with Gasteiger partial charge < -0.3 is 4.57 Å². The Morgan fingerprint density at radius 3 is 1.31 bits per heavy atom. The average molecular weight is 752 g/mol. The lowest BCUT2D eigenvalue weighted by Gasteiger charge is -2.28. The second kappa shape index (κ2) is 14.3. The summed E-state index contributed by atoms with van der Waals surface area (Å²) < 4.78 is 2.24. The van der Waals surface area contributed by atoms with Crippen LogP contribution in [0.3, 0.4) is 0 Å². The summed E-state index contributed by atoms with van der Waals surface area (Å²) in [5, 5.41) is 29.6. The van der Waals surface area contributed by atoms with E-state index in [9.17, 15) is 10.5 Å². The lowest BCUT2D eigenvalue weighted by Crippen LogP contribution is -2.66. The second-order valence-electron chi connectivity index (χ2n) is 14.5. The summed E-state index contributed by atoms with van der Waals surface area (Å²) in [5.41, 5.74) is 11.4. The number of hydrogen-bond donors (Lipinski definition) is 0. The van der Waals surface area contributed by atoms with E-state index in [1.807, 2.05) is 36.4 Å². The van der Waals surface area contributed by atoms with Gasteiger partial charge in [0.15, 0.2) is 0 Å². The van der Waals surface area contributed by atoms with Crippen LogP contribution in [0.5, 0.6) is 0 Å². The van der Waals surface area contributed by atoms with Gasteiger partial charge in [0.2, 0.25) is 8.07 Å². The normalized spacial score (nSPS) is 11.3. The molecule has 0 atom stereocenters. The third-order valence-electron chi connectivity index (χ3n) is 11.3. The van der Waals surface area contributed by atoms with E-state index in [1.165, 1.54) is 15.6 Å². The predicted molar refractivity (Wildman–Crippen MR) is 242 cm³/mol. The second-order valence-corrected chi connectivity index (χ2v) is 18.0. The van der Waals surface area contributed by atoms with Gasteiger partial charge in [0.05, 0.1) is 34.3 Å². The van der Waals surface area contributed by atoms with Crippen LogP contribution >= 0.6 is 0 Å². The van der Waals surface area contributed by atoms with E-state index < -0.39 is 8.07 Å². The maximum absolute atomic E-state index is 9.76. The summed E-state index contributed by atoms with van der Waals surface area (Å²) in [6, 6.07) is 74.7. The zero-order valence-electron chi connectivity index (χ0n) is 31.4. The van der Waals surface area contributed by atoms with E-state index in [4.69, 9.17) is 0 Å². The van der Waals surface area contributed by atoms with Crippen molar-refractivity contribution in [1.29, 1.82) is 10.5 Å². The molecule has 0 aliphatic rings. The van der Waals surface area contributed by atoms with Crippen LogP contribution in [0.15, 0.2) is 200 Å². The minimum atomic E-state index is -2.85. The van der Waals surface area contributed by atoms with Gasteiger partial charge in [-0.05, 0) is 96.8 Å². The molecule has 3 nitrogen and oxygen atoms in total. The fourth-order valence-electron chi connectivity index (χ4n) is 8.75. The quantitative estimate of drug-likeness (QED) is 0.0761. The molecule has 9 aromatic carbocycles. The summed E-state index contributed by atoms with van der Waals surface area (Å²) >= 11 is 0. The van der Waals surface area contributed by atoms with Crippen molar-refractivity contribution in [2.24, 2.45) is 0 Å². The molecule has 0 saturated heterocycles. The van der Waals surface area contributed by atoms with Gasteiger partial charge in [-0.3, -0.25) is 0 Å². The van der Waals surface area contributed by atoms with E-state index in [1.54, 1.807) is 0 Å². The molecule has 0 fully saturated rings. The van der Waals surface area contributed by atoms with Crippen molar-refractivity contribution in [3.63, 3.8) is 0 Å². The Bertz CT molecular complexity index is 3140. The number of benzene rings is 9. The third-order valence-corrected chi connectivity index (χ3v) is 15.4. The molecule has 0 N–H and O–H groups in total. The number of nitriles is 2. The zero-order chi connectivity index (χ0) is 39.1. The van der Waals surface area contributed by atoms with Gasteiger partial charge in [-0.1, -0.05) is 158 Å². The predicted octanol–water partition coefficient (Wildman–Crippen LogP) is 10.6. The number of nitrogens with zero attached hydrogens (tertiary/aromatic N) is 3. The fraction of sp³-hybridized carbons (Fsp3) is 0. The first-order valence-electron chi connectivity index (χ1n) is 19.3. The Morgan fingerprint density at radius 1 is 0.397 bits per heavy atom. The summed E-state index contributed by atoms with van der Waals surface area (Å²) in [5.74, 6) is 3.90. The highest BCUT2D eigenvalue weighted by atomic mass is 28.3. The van der Waals surface area contributed by atoms with Crippen molar-refractivity contribution in [3.05, 3.63) is 217 Å². The van der Waals surface area contributed by atoms with E-state index in [-0.39, 0.29) is 0 Å². The van der Waals surface area contributed by atoms with Gasteiger partial charge in [-0.15, -0.1) is 5.54 Å². The molecule has 268 valence electrons. The highest BCUT2D eigenvalue weighted by molar-refractivity contribution is 7.16. The van der Waals surface area contributed by atoms with Gasteiger partial charge in [0.25, 0.3) is 0 Å². The number of fused-ring (bicyclic) bond motifs is 5. The van der Waals surface area contributed by atoms with Crippen LogP contribution in [0, 0.1) is 34.1 Å². The molecule has 1 aromatic heterocycles. The molecule has 0 saturated carbocycles. The molecule has 0 unspecified atom stereocenters. The number of hydrogen-bond acceptors (Lipinski definition) is 2. The maximum atomic E-state index is 9.76. The molecule has 1 heterocycles. The van der Waals surface area contributed by atoms with E-state index in [0.717, 1.165) is 65.7 Å². The number of aromatic nitrogens is 1. The standard InChI is InChI=1S/C54H33N3Si/c55-36-38-27-29-52-50(33-38)51-34-39(37-56)28-30-53(51)57(52)41-16-14-15-40(35-41)54-48-25-12-10-23-45(48)47(46-24-11-13-26-49(46)54)31-32-58(42-17-4-1-5-18-42,43-19-6-2-7-20-43)44-21-8-3-9-22-44/h1-30,33-35H. The molecule has 10 aromatic rings. The first kappa shape index (κ1) is 34.5. The van der Waals surface area contributed by atoms with Crippen LogP contribution in [-0.2, 0) is 0 Å². The van der Waals surface area contributed by atoms with Crippen molar-refractivity contribution in [2.75, 3.05) is 0 Å². The van der Waals surface area contributed by atoms with Crippen molar-refractivity contribution in [3.8, 4) is 40.4 Å². The van der Waals surface area contributed by atoms with E-state index >= 15 is 0 Å². The van der Waals surface area contributed by atoms with Crippen LogP contribution in [0.1, 0.15) is 16.7 Å². The monoisotopic (exact) mass is 751 g/mol. The van der Waals surface area contributed by atoms with Crippen LogP contribution in [0.25, 0.3) is 60.2 Å². The summed E-state index contributed by atoms with van der Waals surface area (Å²) in [6.45, 7) is 0. The van der Waals surface area contributed by atoms with Crippen molar-refractivity contribution >= 4 is 67.0 Å². The van der Waals surface area contributed by atoms with Gasteiger partial charge in [-0.2, -0.15) is 10.5 Å². The lowest BCUT2D eigenvalue weighted by atomic mass is 9.88. The fourth-order valence-corrected chi connectivity index (χ4v) is 12.6. The largest absolute Gasteiger partial charge is 0.309 e. The minimum absolute atomic E-state index is 0.583. The molecule has 4 heteroatoms. The van der Waals surface area contributed by atoms with Crippen molar-refractivity contribution in [2.45, 2.75) is 0 Å². The average Bonchev–Trinajstić information content (AvgIpc) is 3.62. The molecule has 10 rings (SSSR count). The molecule has 0 amide bonds. The molecule has 0 aliphatic carbocycles. The first-order chi connectivity index (χ1) is 28.7. The SMILES string of the molecule is N#Cc1ccc2c(c1)c1cc(C#N)ccc1n2-c1cccc(-c2c3ccccc3c(C#C[Si](c3ccccc3)(c3ccccc3)c3ccccc3)c3ccccc23)c1. The number of rotatable bonds is 5. The molecule has 0 radical (unpaired) electrons. The van der Waals surface area contributed by atoms with Crippen molar-refractivity contribution < 1.29 is 0 Å². The van der Waals surface area contributed by atoms with Crippen LogP contribution < -0.4 is 15.6 Å². The van der Waals surface area contributed by atoms with Gasteiger partial charge in [-0.25, -0.2) is 0 Å². The molecule has 58 heavy (non-hydrogen) atoms. The topological polar surface area (TPSA) is 52.5 Å². The highest BCUT2D eigenvalue weighted by Gasteiger charge is 2.38. The van der Waals surface area contributed by atoms with E-state index in [2.05, 4.69) is 192 Å². The zero-order valence-corrected chi connectivity index (χ0v) is 32.4. The van der Waals surface area contributed by atoms with Crippen molar-refractivity contribution in [1.82, 2.24) is 4.57 Å². The Balaban J connectivity index is 1.23. The van der Waals surface area contributed by atoms with E-state index in [0.29, 0.717) is 11.1 Å². The molecule has 0 bridgehead atoms. The third kappa shape index (κ3) is 5.58. The van der Waals surface area contributed by atoms with Gasteiger partial charge >= 0.3 is 0 Å². The molecule has 0 spiro atoms. The van der Waals surface area contributed by atoms with Crippen LogP contribution in [-0.4, -0.2) is 12.6 Å². The van der Waals surface area contributed by atoms with Gasteiger partial charge in [0, 0.05) is 22.0 Å². The summed E-state index contributed by atoms with van der Waals surface area (Å²) in [7, 11) is -2.85. The molecular weight excluding hydrogens is 719 g/mol. The van der Waals surface area contributed by atoms with Gasteiger partial charge in [0.1, 0.15) is 0 Å². The maximum Gasteiger partial charge on any atom is 0.230 e. The molecular formula is C54H33N3Si. The lowest BCUT2D eigenvalue weighted by molar-refractivity contribution is 1.18. The summed E-state index contributed by atoms with van der Waals surface area (Å²) in [6.07, 6.45) is 0. The first-order valence-corrected chi connectivity index (χ1v) is 21.3. The Hall–Kier alpha value is -7.94. The summed E-state index contributed by atoms with van der Waals surface area (Å²) in [4.78, 5) is 0. The Kier molecular flexibility index (Phi) is 8.51. The minimum Gasteiger partial charge on any atom is -0.309 e. The van der Waals surface area contributed by atoms with Crippen LogP contribution in [0.4, 0.5) is 0 Å². The Labute approximate surface area is 337 Å². The Morgan fingerprint density at radius 2 is 0.845 bits per heavy atom. The highest BCUT2D eigenvalue weighted by Crippen LogP contribution is 2.41. The van der Waals surface area contributed by atoms with Crippen LogP contribution in [0.2, 0.25) is 0 Å². The smallest absolute Gasteiger partial charge is 0.230 e.